The molecule has 0 aliphatic rings. The Morgan fingerprint density at radius 2 is 1.93 bits per heavy atom. The summed E-state index contributed by atoms with van der Waals surface area (Å²) >= 11 is 0. The van der Waals surface area contributed by atoms with Crippen LogP contribution in [0.15, 0.2) is 12.1 Å². The lowest BCUT2D eigenvalue weighted by molar-refractivity contribution is 0.0646. The molecule has 0 atom stereocenters. The first-order valence-electron chi connectivity index (χ1n) is 3.44. The summed E-state index contributed by atoms with van der Waals surface area (Å²) in [4.78, 5) is 24.5. The van der Waals surface area contributed by atoms with E-state index in [2.05, 4.69) is 4.98 Å². The number of rotatable bonds is 2. The number of carbonyl (C=O) groups is 2. The van der Waals surface area contributed by atoms with Crippen molar-refractivity contribution in [1.82, 2.24) is 4.98 Å². The molecule has 1 rings (SSSR count). The van der Waals surface area contributed by atoms with Crippen LogP contribution in [0.25, 0.3) is 0 Å². The molecule has 1 aromatic rings. The highest BCUT2D eigenvalue weighted by atomic mass is 16.4. The Morgan fingerprint density at radius 1 is 1.29 bits per heavy atom. The Hall–Kier alpha value is -2.42. The normalized spacial score (nSPS) is 9.07. The molecule has 6 heteroatoms. The van der Waals surface area contributed by atoms with E-state index in [1.54, 1.807) is 6.07 Å². The molecule has 0 bridgehead atoms. The molecule has 0 amide bonds. The molecule has 0 saturated heterocycles. The molecule has 70 valence electrons. The summed E-state index contributed by atoms with van der Waals surface area (Å²) in [5, 5.41) is 25.6. The van der Waals surface area contributed by atoms with Gasteiger partial charge in [0.15, 0.2) is 5.69 Å². The summed E-state index contributed by atoms with van der Waals surface area (Å²) in [6.45, 7) is 0. The molecule has 0 fully saturated rings. The minimum absolute atomic E-state index is 0.132. The average Bonchev–Trinajstić information content (AvgIpc) is 2.16. The molecule has 0 saturated carbocycles. The van der Waals surface area contributed by atoms with E-state index in [1.807, 2.05) is 0 Å². The summed E-state index contributed by atoms with van der Waals surface area (Å²) in [6.07, 6.45) is 0. The van der Waals surface area contributed by atoms with Crippen LogP contribution in [0.1, 0.15) is 26.5 Å². The molecule has 14 heavy (non-hydrogen) atoms. The molecule has 1 heterocycles. The fourth-order valence-electron chi connectivity index (χ4n) is 0.857. The minimum atomic E-state index is -1.47. The zero-order valence-corrected chi connectivity index (χ0v) is 6.76. The molecular formula is C8H4N2O4. The van der Waals surface area contributed by atoms with Crippen LogP contribution in [0.3, 0.4) is 0 Å². The van der Waals surface area contributed by atoms with E-state index in [4.69, 9.17) is 15.5 Å². The average molecular weight is 192 g/mol. The third-order valence-electron chi connectivity index (χ3n) is 1.44. The van der Waals surface area contributed by atoms with Crippen molar-refractivity contribution >= 4 is 11.9 Å². The van der Waals surface area contributed by atoms with Gasteiger partial charge in [0.2, 0.25) is 0 Å². The van der Waals surface area contributed by atoms with Gasteiger partial charge < -0.3 is 10.2 Å². The van der Waals surface area contributed by atoms with Crippen molar-refractivity contribution in [1.29, 1.82) is 5.26 Å². The van der Waals surface area contributed by atoms with Gasteiger partial charge in [-0.2, -0.15) is 5.26 Å². The van der Waals surface area contributed by atoms with Crippen molar-refractivity contribution in [3.05, 3.63) is 29.1 Å². The summed E-state index contributed by atoms with van der Waals surface area (Å²) in [6, 6.07) is 3.81. The fraction of sp³-hybridized carbons (Fsp3) is 0. The molecule has 0 aliphatic heterocycles. The van der Waals surface area contributed by atoms with Crippen LogP contribution >= 0.6 is 0 Å². The first-order chi connectivity index (χ1) is 6.56. The van der Waals surface area contributed by atoms with Crippen molar-refractivity contribution in [2.24, 2.45) is 0 Å². The van der Waals surface area contributed by atoms with Crippen LogP contribution in [0.4, 0.5) is 0 Å². The zero-order valence-electron chi connectivity index (χ0n) is 6.76. The Balaban J connectivity index is 3.40. The third-order valence-corrected chi connectivity index (χ3v) is 1.44. The maximum absolute atomic E-state index is 10.6. The number of pyridine rings is 1. The predicted octanol–water partition coefficient (Wildman–Crippen LogP) is 0.350. The maximum atomic E-state index is 10.6. The molecule has 0 radical (unpaired) electrons. The van der Waals surface area contributed by atoms with E-state index in [1.165, 1.54) is 0 Å². The second kappa shape index (κ2) is 3.53. The lowest BCUT2D eigenvalue weighted by Crippen LogP contribution is -2.11. The molecular weight excluding hydrogens is 188 g/mol. The van der Waals surface area contributed by atoms with Crippen LogP contribution in [-0.4, -0.2) is 27.1 Å². The Bertz CT molecular complexity index is 447. The van der Waals surface area contributed by atoms with Gasteiger partial charge in [-0.15, -0.1) is 0 Å². The van der Waals surface area contributed by atoms with Crippen LogP contribution in [0, 0.1) is 11.3 Å². The van der Waals surface area contributed by atoms with E-state index >= 15 is 0 Å². The molecule has 0 spiro atoms. The maximum Gasteiger partial charge on any atom is 0.355 e. The van der Waals surface area contributed by atoms with Gasteiger partial charge in [0.25, 0.3) is 0 Å². The molecule has 0 aromatic carbocycles. The summed E-state index contributed by atoms with van der Waals surface area (Å²) in [5.74, 6) is -2.86. The van der Waals surface area contributed by atoms with Crippen LogP contribution < -0.4 is 0 Å². The van der Waals surface area contributed by atoms with Crippen molar-refractivity contribution in [3.8, 4) is 6.07 Å². The number of hydrogen-bond donors (Lipinski definition) is 2. The number of carboxylic acids is 2. The lowest BCUT2D eigenvalue weighted by atomic mass is 10.2. The Morgan fingerprint density at radius 3 is 2.36 bits per heavy atom. The zero-order chi connectivity index (χ0) is 10.7. The summed E-state index contributed by atoms with van der Waals surface area (Å²) in [7, 11) is 0. The van der Waals surface area contributed by atoms with Gasteiger partial charge in [-0.1, -0.05) is 0 Å². The number of hydrogen-bond acceptors (Lipinski definition) is 4. The van der Waals surface area contributed by atoms with E-state index in [0.29, 0.717) is 0 Å². The van der Waals surface area contributed by atoms with Gasteiger partial charge >= 0.3 is 11.9 Å². The van der Waals surface area contributed by atoms with Crippen molar-refractivity contribution in [3.63, 3.8) is 0 Å². The number of aromatic nitrogens is 1. The van der Waals surface area contributed by atoms with Gasteiger partial charge in [0.1, 0.15) is 11.8 Å². The van der Waals surface area contributed by atoms with Gasteiger partial charge in [0, 0.05) is 0 Å². The highest BCUT2D eigenvalue weighted by Gasteiger charge is 2.17. The standard InChI is InChI=1S/C8H4N2O4/c9-3-4-1-2-5(7(11)12)6(10-4)8(13)14/h1-2H,(H,11,12)(H,13,14). The van der Waals surface area contributed by atoms with Gasteiger partial charge in [0.05, 0.1) is 5.56 Å². The van der Waals surface area contributed by atoms with E-state index in [0.717, 1.165) is 12.1 Å². The summed E-state index contributed by atoms with van der Waals surface area (Å²) < 4.78 is 0. The summed E-state index contributed by atoms with van der Waals surface area (Å²) in [5.41, 5.74) is -1.19. The SMILES string of the molecule is N#Cc1ccc(C(=O)O)c(C(=O)O)n1. The van der Waals surface area contributed by atoms with Gasteiger partial charge in [-0.25, -0.2) is 14.6 Å². The topological polar surface area (TPSA) is 111 Å². The minimum Gasteiger partial charge on any atom is -0.478 e. The largest absolute Gasteiger partial charge is 0.478 e. The number of nitriles is 1. The van der Waals surface area contributed by atoms with Crippen LogP contribution in [0.2, 0.25) is 0 Å². The highest BCUT2D eigenvalue weighted by Crippen LogP contribution is 2.07. The monoisotopic (exact) mass is 192 g/mol. The molecule has 1 aromatic heterocycles. The third kappa shape index (κ3) is 1.67. The first kappa shape index (κ1) is 9.67. The lowest BCUT2D eigenvalue weighted by Gasteiger charge is -1.99. The Kier molecular flexibility index (Phi) is 2.44. The first-order valence-corrected chi connectivity index (χ1v) is 3.44. The number of nitrogens with zero attached hydrogens (tertiary/aromatic N) is 2. The van der Waals surface area contributed by atoms with E-state index in [9.17, 15) is 9.59 Å². The number of aromatic carboxylic acids is 2. The van der Waals surface area contributed by atoms with E-state index < -0.39 is 23.2 Å². The van der Waals surface area contributed by atoms with Gasteiger partial charge in [-0.3, -0.25) is 0 Å². The highest BCUT2D eigenvalue weighted by molar-refractivity contribution is 6.00. The van der Waals surface area contributed by atoms with Crippen molar-refractivity contribution < 1.29 is 19.8 Å². The van der Waals surface area contributed by atoms with Gasteiger partial charge in [-0.05, 0) is 12.1 Å². The van der Waals surface area contributed by atoms with Crippen molar-refractivity contribution in [2.75, 3.05) is 0 Å². The Labute approximate surface area is 78.0 Å². The smallest absolute Gasteiger partial charge is 0.355 e. The van der Waals surface area contributed by atoms with Crippen LogP contribution in [-0.2, 0) is 0 Å². The van der Waals surface area contributed by atoms with Crippen LogP contribution in [0.5, 0.6) is 0 Å². The number of carboxylic acid groups (broad SMARTS) is 2. The molecule has 2 N–H and O–H groups in total. The molecule has 6 nitrogen and oxygen atoms in total. The predicted molar refractivity (Wildman–Crippen MR) is 42.9 cm³/mol. The van der Waals surface area contributed by atoms with Crippen molar-refractivity contribution in [2.45, 2.75) is 0 Å². The molecule has 0 aliphatic carbocycles. The quantitative estimate of drug-likeness (QED) is 0.699. The molecule has 0 unspecified atom stereocenters. The second-order valence-electron chi connectivity index (χ2n) is 2.31. The van der Waals surface area contributed by atoms with E-state index in [-0.39, 0.29) is 5.69 Å². The fourth-order valence-corrected chi connectivity index (χ4v) is 0.857. The second-order valence-corrected chi connectivity index (χ2v) is 2.31.